The van der Waals surface area contributed by atoms with E-state index in [9.17, 15) is 19.5 Å². The molecule has 0 aliphatic heterocycles. The minimum Gasteiger partial charge on any atom is -0.480 e. The highest BCUT2D eigenvalue weighted by Crippen LogP contribution is 2.44. The molecule has 0 heterocycles. The van der Waals surface area contributed by atoms with Gasteiger partial charge in [0.05, 0.1) is 0 Å². The number of unbranched alkanes of at least 4 members (excludes halogenated alkanes) is 1. The largest absolute Gasteiger partial charge is 0.480 e. The first-order valence-electron chi connectivity index (χ1n) is 13.3. The Morgan fingerprint density at radius 1 is 0.919 bits per heavy atom. The van der Waals surface area contributed by atoms with Crippen LogP contribution in [0.25, 0.3) is 11.1 Å². The molecule has 8 nitrogen and oxygen atoms in total. The molecule has 0 radical (unpaired) electrons. The summed E-state index contributed by atoms with van der Waals surface area (Å²) in [6, 6.07) is 14.3. The number of rotatable bonds is 11. The summed E-state index contributed by atoms with van der Waals surface area (Å²) in [5, 5.41) is 15.0. The number of nitrogens with one attached hydrogen (secondary N) is 2. The van der Waals surface area contributed by atoms with Gasteiger partial charge < -0.3 is 26.2 Å². The van der Waals surface area contributed by atoms with E-state index >= 15 is 0 Å². The number of nitrogens with two attached hydrogens (primary N) is 1. The van der Waals surface area contributed by atoms with E-state index in [0.717, 1.165) is 54.4 Å². The van der Waals surface area contributed by atoms with Gasteiger partial charge in [0.2, 0.25) is 5.91 Å². The third-order valence-corrected chi connectivity index (χ3v) is 7.58. The molecule has 0 saturated heterocycles. The average molecular weight is 508 g/mol. The summed E-state index contributed by atoms with van der Waals surface area (Å²) in [6.07, 6.45) is 5.54. The number of carbonyl (C=O) groups is 3. The van der Waals surface area contributed by atoms with Crippen molar-refractivity contribution in [3.8, 4) is 11.1 Å². The Morgan fingerprint density at radius 3 is 2.14 bits per heavy atom. The maximum Gasteiger partial charge on any atom is 0.407 e. The lowest BCUT2D eigenvalue weighted by Crippen LogP contribution is -2.55. The summed E-state index contributed by atoms with van der Waals surface area (Å²) < 4.78 is 5.68. The van der Waals surface area contributed by atoms with Crippen LogP contribution in [0.15, 0.2) is 48.5 Å². The molecule has 0 bridgehead atoms. The smallest absolute Gasteiger partial charge is 0.407 e. The highest BCUT2D eigenvalue weighted by Gasteiger charge is 2.34. The van der Waals surface area contributed by atoms with Crippen LogP contribution >= 0.6 is 0 Å². The highest BCUT2D eigenvalue weighted by atomic mass is 16.5. The fraction of sp³-hybridized carbons (Fsp3) is 0.483. The molecule has 2 atom stereocenters. The number of carboxylic acids is 1. The van der Waals surface area contributed by atoms with Crippen LogP contribution in [0.1, 0.15) is 68.4 Å². The van der Waals surface area contributed by atoms with E-state index in [1.54, 1.807) is 0 Å². The third-order valence-electron chi connectivity index (χ3n) is 7.58. The number of amides is 2. The number of aliphatic carboxylic acids is 1. The lowest BCUT2D eigenvalue weighted by atomic mass is 9.83. The molecule has 37 heavy (non-hydrogen) atoms. The Bertz CT molecular complexity index is 1050. The van der Waals surface area contributed by atoms with Crippen molar-refractivity contribution in [1.29, 1.82) is 0 Å². The molecule has 2 amide bonds. The van der Waals surface area contributed by atoms with E-state index < -0.39 is 30.1 Å². The van der Waals surface area contributed by atoms with Crippen molar-refractivity contribution in [1.82, 2.24) is 10.6 Å². The molecule has 2 aliphatic carbocycles. The number of hydrogen-bond acceptors (Lipinski definition) is 5. The maximum absolute atomic E-state index is 13.2. The zero-order valence-corrected chi connectivity index (χ0v) is 21.2. The van der Waals surface area contributed by atoms with Crippen LogP contribution in [0.4, 0.5) is 4.79 Å². The van der Waals surface area contributed by atoms with Crippen molar-refractivity contribution in [2.45, 2.75) is 69.4 Å². The van der Waals surface area contributed by atoms with Crippen molar-refractivity contribution in [3.05, 3.63) is 59.7 Å². The van der Waals surface area contributed by atoms with Crippen LogP contribution in [-0.2, 0) is 14.3 Å². The van der Waals surface area contributed by atoms with Crippen molar-refractivity contribution >= 4 is 18.0 Å². The first-order valence-corrected chi connectivity index (χ1v) is 13.3. The highest BCUT2D eigenvalue weighted by molar-refractivity contribution is 5.89. The van der Waals surface area contributed by atoms with Crippen LogP contribution in [0.2, 0.25) is 0 Å². The molecule has 198 valence electrons. The Labute approximate surface area is 218 Å². The van der Waals surface area contributed by atoms with E-state index in [0.29, 0.717) is 25.8 Å². The van der Waals surface area contributed by atoms with Gasteiger partial charge in [-0.15, -0.1) is 0 Å². The Hall–Kier alpha value is -3.39. The van der Waals surface area contributed by atoms with Gasteiger partial charge in [0, 0.05) is 5.92 Å². The van der Waals surface area contributed by atoms with Gasteiger partial charge in [-0.3, -0.25) is 4.79 Å². The molecule has 1 saturated carbocycles. The summed E-state index contributed by atoms with van der Waals surface area (Å²) in [7, 11) is 0. The maximum atomic E-state index is 13.2. The molecule has 4 rings (SSSR count). The second-order valence-corrected chi connectivity index (χ2v) is 10.0. The Balaban J connectivity index is 1.42. The van der Waals surface area contributed by atoms with E-state index in [-0.39, 0.29) is 18.4 Å². The monoisotopic (exact) mass is 507 g/mol. The first-order chi connectivity index (χ1) is 18.0. The number of fused-ring (bicyclic) bond motifs is 3. The lowest BCUT2D eigenvalue weighted by molar-refractivity contribution is -0.142. The Morgan fingerprint density at radius 2 is 1.54 bits per heavy atom. The van der Waals surface area contributed by atoms with Gasteiger partial charge >= 0.3 is 12.1 Å². The zero-order chi connectivity index (χ0) is 26.2. The minimum atomic E-state index is -1.09. The van der Waals surface area contributed by atoms with E-state index in [1.165, 1.54) is 0 Å². The summed E-state index contributed by atoms with van der Waals surface area (Å²) in [4.78, 5) is 38.0. The second kappa shape index (κ2) is 12.7. The predicted octanol–water partition coefficient (Wildman–Crippen LogP) is 4.17. The lowest BCUT2D eigenvalue weighted by Gasteiger charge is -2.30. The molecule has 0 aromatic heterocycles. The van der Waals surface area contributed by atoms with Crippen LogP contribution < -0.4 is 16.4 Å². The van der Waals surface area contributed by atoms with Crippen LogP contribution in [0.3, 0.4) is 0 Å². The molecule has 0 unspecified atom stereocenters. The minimum absolute atomic E-state index is 0.0623. The molecular weight excluding hydrogens is 470 g/mol. The standard InChI is InChI=1S/C29H37N3O5/c30-17-9-8-16-25(28(34)35)31-27(33)26(19-10-2-1-3-11-19)32-29(36)37-18-24-22-14-6-4-12-20(22)21-13-5-7-15-23(21)24/h4-7,12-15,19,24-26H,1-3,8-11,16-18,30H2,(H,31,33)(H,32,36)(H,34,35)/t25-,26-/m0/s1. The topological polar surface area (TPSA) is 131 Å². The number of carboxylic acid groups (broad SMARTS) is 1. The van der Waals surface area contributed by atoms with E-state index in [1.807, 2.05) is 24.3 Å². The van der Waals surface area contributed by atoms with E-state index in [2.05, 4.69) is 34.9 Å². The third kappa shape index (κ3) is 6.49. The predicted molar refractivity (Wildman–Crippen MR) is 141 cm³/mol. The van der Waals surface area contributed by atoms with Gasteiger partial charge in [-0.25, -0.2) is 9.59 Å². The fourth-order valence-corrected chi connectivity index (χ4v) is 5.64. The average Bonchev–Trinajstić information content (AvgIpc) is 3.24. The molecule has 2 aromatic rings. The molecule has 8 heteroatoms. The van der Waals surface area contributed by atoms with Crippen LogP contribution in [0.5, 0.6) is 0 Å². The number of alkyl carbamates (subject to hydrolysis) is 1. The van der Waals surface area contributed by atoms with Gasteiger partial charge in [-0.2, -0.15) is 0 Å². The summed E-state index contributed by atoms with van der Waals surface area (Å²) in [6.45, 7) is 0.615. The van der Waals surface area contributed by atoms with Crippen molar-refractivity contribution in [3.63, 3.8) is 0 Å². The number of benzene rings is 2. The van der Waals surface area contributed by atoms with Crippen molar-refractivity contribution in [2.24, 2.45) is 11.7 Å². The molecule has 2 aliphatic rings. The van der Waals surface area contributed by atoms with Crippen molar-refractivity contribution in [2.75, 3.05) is 13.2 Å². The van der Waals surface area contributed by atoms with E-state index in [4.69, 9.17) is 10.5 Å². The fourth-order valence-electron chi connectivity index (χ4n) is 5.64. The summed E-state index contributed by atoms with van der Waals surface area (Å²) in [5.41, 5.74) is 10.0. The van der Waals surface area contributed by atoms with Gasteiger partial charge in [0.25, 0.3) is 0 Å². The zero-order valence-electron chi connectivity index (χ0n) is 21.2. The summed E-state index contributed by atoms with van der Waals surface area (Å²) >= 11 is 0. The molecule has 1 fully saturated rings. The number of hydrogen-bond donors (Lipinski definition) is 4. The molecule has 5 N–H and O–H groups in total. The Kier molecular flexibility index (Phi) is 9.17. The van der Waals surface area contributed by atoms with Gasteiger partial charge in [0.15, 0.2) is 0 Å². The van der Waals surface area contributed by atoms with Crippen LogP contribution in [-0.4, -0.2) is 48.3 Å². The molecule has 0 spiro atoms. The normalized spacial score (nSPS) is 16.8. The van der Waals surface area contributed by atoms with Gasteiger partial charge in [0.1, 0.15) is 18.7 Å². The van der Waals surface area contributed by atoms with Crippen LogP contribution in [0, 0.1) is 5.92 Å². The molecular formula is C29H37N3O5. The SMILES string of the molecule is NCCCC[C@H](NC(=O)[C@@H](NC(=O)OCC1c2ccccc2-c2ccccc21)C1CCCCC1)C(=O)O. The quantitative estimate of drug-likeness (QED) is 0.338. The van der Waals surface area contributed by atoms with Crippen molar-refractivity contribution < 1.29 is 24.2 Å². The summed E-state index contributed by atoms with van der Waals surface area (Å²) in [5.74, 6) is -1.71. The second-order valence-electron chi connectivity index (χ2n) is 10.0. The first kappa shape index (κ1) is 26.7. The van der Waals surface area contributed by atoms with Gasteiger partial charge in [-0.05, 0) is 66.8 Å². The molecule has 2 aromatic carbocycles. The number of ether oxygens (including phenoxy) is 1. The van der Waals surface area contributed by atoms with Gasteiger partial charge in [-0.1, -0.05) is 67.8 Å². The number of carbonyl (C=O) groups excluding carboxylic acids is 2.